The first-order valence-electron chi connectivity index (χ1n) is 5.83. The van der Waals surface area contributed by atoms with E-state index in [1.165, 1.54) is 0 Å². The topological polar surface area (TPSA) is 81.5 Å². The van der Waals surface area contributed by atoms with Crippen LogP contribution in [0.2, 0.25) is 10.0 Å². The Bertz CT molecular complexity index is 565. The van der Waals surface area contributed by atoms with E-state index in [2.05, 4.69) is 4.99 Å². The molecule has 0 saturated heterocycles. The van der Waals surface area contributed by atoms with E-state index in [-0.39, 0.29) is 29.1 Å². The minimum atomic E-state index is -0.314. The molecule has 1 fully saturated rings. The van der Waals surface area contributed by atoms with Crippen molar-refractivity contribution in [2.75, 3.05) is 0 Å². The first-order chi connectivity index (χ1) is 8.75. The van der Waals surface area contributed by atoms with Crippen LogP contribution in [0, 0.1) is 11.3 Å². The fourth-order valence-electron chi connectivity index (χ4n) is 2.63. The number of benzene rings is 1. The number of nitrogens with two attached hydrogens (primary N) is 2. The molecule has 2 atom stereocenters. The summed E-state index contributed by atoms with van der Waals surface area (Å²) < 4.78 is 0. The van der Waals surface area contributed by atoms with Gasteiger partial charge in [0.2, 0.25) is 0 Å². The molecule has 102 valence electrons. The standard InChI is InChI=1S/C13H15Cl2N3O/c1-13(2)9(10(13)11(19)18-12(16)17)7-5-6(14)3-4-8(7)15/h3-5,9-10H,1-2H3,(H4,16,17,18,19). The number of rotatable bonds is 2. The van der Waals surface area contributed by atoms with Crippen LogP contribution in [0.15, 0.2) is 23.2 Å². The number of aliphatic imine (C=N–C) groups is 1. The van der Waals surface area contributed by atoms with Crippen molar-refractivity contribution in [2.45, 2.75) is 19.8 Å². The SMILES string of the molecule is CC1(C)C(C(=O)N=C(N)N)C1c1cc(Cl)ccc1Cl. The molecule has 1 aromatic carbocycles. The van der Waals surface area contributed by atoms with E-state index in [4.69, 9.17) is 34.7 Å². The molecule has 4 nitrogen and oxygen atoms in total. The van der Waals surface area contributed by atoms with Gasteiger partial charge in [-0.25, -0.2) is 0 Å². The second-order valence-corrected chi connectivity index (χ2v) is 6.16. The molecule has 6 heteroatoms. The predicted octanol–water partition coefficient (Wildman–Crippen LogP) is 2.53. The van der Waals surface area contributed by atoms with Crippen molar-refractivity contribution < 1.29 is 4.79 Å². The zero-order valence-corrected chi connectivity index (χ0v) is 12.2. The summed E-state index contributed by atoms with van der Waals surface area (Å²) in [5.74, 6) is -0.824. The third-order valence-electron chi connectivity index (χ3n) is 3.63. The summed E-state index contributed by atoms with van der Waals surface area (Å²) in [5, 5.41) is 1.19. The highest BCUT2D eigenvalue weighted by Crippen LogP contribution is 2.65. The minimum Gasteiger partial charge on any atom is -0.370 e. The highest BCUT2D eigenvalue weighted by Gasteiger charge is 2.62. The summed E-state index contributed by atoms with van der Waals surface area (Å²) in [5.41, 5.74) is 11.1. The Hall–Kier alpha value is -1.26. The lowest BCUT2D eigenvalue weighted by Gasteiger charge is -2.05. The van der Waals surface area contributed by atoms with Crippen molar-refractivity contribution in [1.82, 2.24) is 0 Å². The van der Waals surface area contributed by atoms with Crippen molar-refractivity contribution in [3.8, 4) is 0 Å². The molecule has 19 heavy (non-hydrogen) atoms. The Morgan fingerprint density at radius 3 is 2.53 bits per heavy atom. The van der Waals surface area contributed by atoms with Crippen LogP contribution in [0.1, 0.15) is 25.3 Å². The molecule has 2 unspecified atom stereocenters. The van der Waals surface area contributed by atoms with Crippen molar-refractivity contribution in [1.29, 1.82) is 0 Å². The Balaban J connectivity index is 2.34. The Morgan fingerprint density at radius 2 is 1.95 bits per heavy atom. The molecule has 1 amide bonds. The van der Waals surface area contributed by atoms with Gasteiger partial charge in [0.05, 0.1) is 5.92 Å². The van der Waals surface area contributed by atoms with Crippen molar-refractivity contribution in [3.63, 3.8) is 0 Å². The van der Waals surface area contributed by atoms with Gasteiger partial charge in [0.15, 0.2) is 5.96 Å². The molecule has 4 N–H and O–H groups in total. The number of guanidine groups is 1. The van der Waals surface area contributed by atoms with E-state index in [0.717, 1.165) is 5.56 Å². The van der Waals surface area contributed by atoms with E-state index in [9.17, 15) is 4.79 Å². The lowest BCUT2D eigenvalue weighted by Crippen LogP contribution is -2.25. The van der Waals surface area contributed by atoms with Crippen molar-refractivity contribution in [3.05, 3.63) is 33.8 Å². The lowest BCUT2D eigenvalue weighted by molar-refractivity contribution is -0.119. The van der Waals surface area contributed by atoms with Crippen molar-refractivity contribution in [2.24, 2.45) is 27.8 Å². The number of nitrogens with zero attached hydrogens (tertiary/aromatic N) is 1. The molecule has 2 rings (SSSR count). The molecule has 1 aliphatic rings. The van der Waals surface area contributed by atoms with E-state index in [1.54, 1.807) is 18.2 Å². The average molecular weight is 300 g/mol. The molecule has 0 aromatic heterocycles. The lowest BCUT2D eigenvalue weighted by atomic mass is 10.0. The van der Waals surface area contributed by atoms with Gasteiger partial charge < -0.3 is 11.5 Å². The summed E-state index contributed by atoms with van der Waals surface area (Å²) >= 11 is 12.2. The number of hydrogen-bond donors (Lipinski definition) is 2. The van der Waals surface area contributed by atoms with Gasteiger partial charge >= 0.3 is 0 Å². The van der Waals surface area contributed by atoms with Crippen LogP contribution in [0.5, 0.6) is 0 Å². The first kappa shape index (κ1) is 14.2. The van der Waals surface area contributed by atoms with Gasteiger partial charge in [-0.05, 0) is 29.2 Å². The highest BCUT2D eigenvalue weighted by atomic mass is 35.5. The van der Waals surface area contributed by atoms with E-state index >= 15 is 0 Å². The third kappa shape index (κ3) is 2.55. The fraction of sp³-hybridized carbons (Fsp3) is 0.385. The number of hydrogen-bond acceptors (Lipinski definition) is 1. The molecule has 1 aliphatic carbocycles. The monoisotopic (exact) mass is 299 g/mol. The van der Waals surface area contributed by atoms with Gasteiger partial charge in [0, 0.05) is 16.0 Å². The van der Waals surface area contributed by atoms with Crippen LogP contribution in [-0.4, -0.2) is 11.9 Å². The van der Waals surface area contributed by atoms with Crippen LogP contribution >= 0.6 is 23.2 Å². The van der Waals surface area contributed by atoms with Gasteiger partial charge in [-0.3, -0.25) is 4.79 Å². The summed E-state index contributed by atoms with van der Waals surface area (Å²) in [4.78, 5) is 15.6. The summed E-state index contributed by atoms with van der Waals surface area (Å²) in [6.45, 7) is 3.97. The molecule has 0 aliphatic heterocycles. The second-order valence-electron chi connectivity index (χ2n) is 5.32. The van der Waals surface area contributed by atoms with Gasteiger partial charge in [-0.1, -0.05) is 37.0 Å². The predicted molar refractivity (Wildman–Crippen MR) is 77.3 cm³/mol. The maximum atomic E-state index is 12.0. The molecule has 0 bridgehead atoms. The Morgan fingerprint density at radius 1 is 1.32 bits per heavy atom. The van der Waals surface area contributed by atoms with Gasteiger partial charge in [-0.2, -0.15) is 4.99 Å². The second kappa shape index (κ2) is 4.69. The zero-order chi connectivity index (χ0) is 14.4. The molecular formula is C13H15Cl2N3O. The van der Waals surface area contributed by atoms with Gasteiger partial charge in [0.25, 0.3) is 5.91 Å². The largest absolute Gasteiger partial charge is 0.370 e. The summed E-state index contributed by atoms with van der Waals surface area (Å²) in [6, 6.07) is 5.24. The minimum absolute atomic E-state index is 0.0192. The molecule has 1 aromatic rings. The van der Waals surface area contributed by atoms with Crippen molar-refractivity contribution >= 4 is 35.1 Å². The van der Waals surface area contributed by atoms with Gasteiger partial charge in [0.1, 0.15) is 0 Å². The molecular weight excluding hydrogens is 285 g/mol. The molecule has 0 heterocycles. The van der Waals surface area contributed by atoms with Gasteiger partial charge in [-0.15, -0.1) is 0 Å². The fourth-order valence-corrected chi connectivity index (χ4v) is 3.04. The van der Waals surface area contributed by atoms with E-state index < -0.39 is 0 Å². The van der Waals surface area contributed by atoms with Crippen LogP contribution in [-0.2, 0) is 4.79 Å². The molecule has 0 radical (unpaired) electrons. The smallest absolute Gasteiger partial charge is 0.253 e. The molecule has 0 spiro atoms. The number of carbonyl (C=O) groups is 1. The molecule has 1 saturated carbocycles. The number of carbonyl (C=O) groups excluding carboxylic acids is 1. The maximum absolute atomic E-state index is 12.0. The van der Waals surface area contributed by atoms with E-state index in [1.807, 2.05) is 13.8 Å². The van der Waals surface area contributed by atoms with Crippen LogP contribution in [0.3, 0.4) is 0 Å². The number of amides is 1. The van der Waals surface area contributed by atoms with Crippen LogP contribution in [0.4, 0.5) is 0 Å². The maximum Gasteiger partial charge on any atom is 0.253 e. The van der Waals surface area contributed by atoms with Crippen LogP contribution < -0.4 is 11.5 Å². The number of halogens is 2. The van der Waals surface area contributed by atoms with Crippen LogP contribution in [0.25, 0.3) is 0 Å². The third-order valence-corrected chi connectivity index (χ3v) is 4.21. The summed E-state index contributed by atoms with van der Waals surface area (Å²) in [7, 11) is 0. The average Bonchev–Trinajstić information content (AvgIpc) is 2.84. The quantitative estimate of drug-likeness (QED) is 0.650. The Kier molecular flexibility index (Phi) is 3.49. The normalized spacial score (nSPS) is 23.8. The highest BCUT2D eigenvalue weighted by molar-refractivity contribution is 6.33. The zero-order valence-electron chi connectivity index (χ0n) is 10.7. The van der Waals surface area contributed by atoms with E-state index in [0.29, 0.717) is 10.0 Å². The summed E-state index contributed by atoms with van der Waals surface area (Å²) in [6.07, 6.45) is 0. The Labute approximate surface area is 121 Å². The first-order valence-corrected chi connectivity index (χ1v) is 6.59.